The van der Waals surface area contributed by atoms with Crippen molar-refractivity contribution in [1.82, 2.24) is 15.2 Å². The summed E-state index contributed by atoms with van der Waals surface area (Å²) in [4.78, 5) is 6.74. The lowest BCUT2D eigenvalue weighted by Gasteiger charge is -2.22. The molecule has 0 saturated heterocycles. The molecule has 0 saturated carbocycles. The summed E-state index contributed by atoms with van der Waals surface area (Å²) < 4.78 is 0. The van der Waals surface area contributed by atoms with Gasteiger partial charge in [0, 0.05) is 11.4 Å². The van der Waals surface area contributed by atoms with Crippen LogP contribution in [0.15, 0.2) is 97.2 Å². The van der Waals surface area contributed by atoms with Gasteiger partial charge in [-0.1, -0.05) is 66.7 Å². The van der Waals surface area contributed by atoms with Crippen LogP contribution in [0.25, 0.3) is 0 Å². The molecule has 5 nitrogen and oxygen atoms in total. The molecule has 0 aliphatic rings. The highest BCUT2D eigenvalue weighted by atomic mass is 15.3. The number of rotatable bonds is 6. The van der Waals surface area contributed by atoms with Crippen LogP contribution in [-0.2, 0) is 6.54 Å². The molecule has 4 rings (SSSR count). The van der Waals surface area contributed by atoms with E-state index in [-0.39, 0.29) is 0 Å². The lowest BCUT2D eigenvalue weighted by atomic mass is 10.2. The summed E-state index contributed by atoms with van der Waals surface area (Å²) in [6.07, 6.45) is 1.63. The first-order valence-corrected chi connectivity index (χ1v) is 8.77. The Bertz CT molecular complexity index is 975. The van der Waals surface area contributed by atoms with Crippen molar-refractivity contribution in [3.8, 4) is 0 Å². The third-order valence-electron chi connectivity index (χ3n) is 4.09. The van der Waals surface area contributed by atoms with Crippen LogP contribution in [0, 0.1) is 0 Å². The fraction of sp³-hybridized carbons (Fsp3) is 0.0455. The molecule has 1 heterocycles. The molecule has 4 aromatic rings. The molecule has 0 unspecified atom stereocenters. The van der Waals surface area contributed by atoms with Crippen molar-refractivity contribution in [1.29, 1.82) is 0 Å². The number of hydrogen-bond acceptors (Lipinski definition) is 5. The van der Waals surface area contributed by atoms with Gasteiger partial charge in [0.25, 0.3) is 5.95 Å². The summed E-state index contributed by atoms with van der Waals surface area (Å²) in [7, 11) is 0. The van der Waals surface area contributed by atoms with Gasteiger partial charge in [-0.2, -0.15) is 10.1 Å². The van der Waals surface area contributed by atoms with Gasteiger partial charge < -0.3 is 10.2 Å². The second-order valence-electron chi connectivity index (χ2n) is 6.04. The molecule has 0 aliphatic heterocycles. The maximum absolute atomic E-state index is 4.68. The average Bonchev–Trinajstić information content (AvgIpc) is 2.74. The maximum Gasteiger partial charge on any atom is 0.252 e. The van der Waals surface area contributed by atoms with Crippen LogP contribution in [0.3, 0.4) is 0 Å². The van der Waals surface area contributed by atoms with E-state index in [1.165, 1.54) is 5.56 Å². The fourth-order valence-electron chi connectivity index (χ4n) is 2.79. The zero-order chi connectivity index (χ0) is 18.3. The topological polar surface area (TPSA) is 53.9 Å². The predicted octanol–water partition coefficient (Wildman–Crippen LogP) is 4.95. The molecule has 3 aromatic carbocycles. The van der Waals surface area contributed by atoms with Crippen LogP contribution in [0.2, 0.25) is 0 Å². The third kappa shape index (κ3) is 4.27. The molecule has 1 aromatic heterocycles. The van der Waals surface area contributed by atoms with E-state index in [2.05, 4.69) is 37.5 Å². The van der Waals surface area contributed by atoms with Crippen molar-refractivity contribution in [2.45, 2.75) is 6.54 Å². The minimum Gasteiger partial charge on any atom is -0.339 e. The molecule has 5 heteroatoms. The van der Waals surface area contributed by atoms with E-state index >= 15 is 0 Å². The molecule has 0 radical (unpaired) electrons. The van der Waals surface area contributed by atoms with Crippen LogP contribution < -0.4 is 10.2 Å². The Hall–Kier alpha value is -3.73. The van der Waals surface area contributed by atoms with Gasteiger partial charge in [-0.3, -0.25) is 0 Å². The summed E-state index contributed by atoms with van der Waals surface area (Å²) >= 11 is 0. The van der Waals surface area contributed by atoms with Gasteiger partial charge in [-0.15, -0.1) is 5.10 Å². The zero-order valence-electron chi connectivity index (χ0n) is 14.7. The van der Waals surface area contributed by atoms with E-state index < -0.39 is 0 Å². The summed E-state index contributed by atoms with van der Waals surface area (Å²) in [5.41, 5.74) is 3.14. The van der Waals surface area contributed by atoms with Gasteiger partial charge >= 0.3 is 0 Å². The van der Waals surface area contributed by atoms with Crippen LogP contribution >= 0.6 is 0 Å². The monoisotopic (exact) mass is 353 g/mol. The SMILES string of the molecule is c1ccc(CN(c2ccccc2)c2nncc(Nc3ccccc3)n2)cc1. The lowest BCUT2D eigenvalue weighted by molar-refractivity contribution is 0.865. The average molecular weight is 353 g/mol. The molecule has 27 heavy (non-hydrogen) atoms. The largest absolute Gasteiger partial charge is 0.339 e. The molecule has 1 N–H and O–H groups in total. The normalized spacial score (nSPS) is 10.4. The predicted molar refractivity (Wildman–Crippen MR) is 108 cm³/mol. The zero-order valence-corrected chi connectivity index (χ0v) is 14.7. The standard InChI is InChI=1S/C22H19N5/c1-4-10-18(11-5-1)17-27(20-14-8-3-9-15-20)22-25-21(16-23-26-22)24-19-12-6-2-7-13-19/h1-16H,17H2,(H,24,25,26). The quantitative estimate of drug-likeness (QED) is 0.531. The Labute approximate surface area is 158 Å². The first kappa shape index (κ1) is 16.7. The van der Waals surface area contributed by atoms with Crippen molar-refractivity contribution in [3.05, 3.63) is 103 Å². The minimum absolute atomic E-state index is 0.547. The molecule has 132 valence electrons. The second-order valence-corrected chi connectivity index (χ2v) is 6.04. The molecule has 0 bridgehead atoms. The maximum atomic E-state index is 4.68. The molecule has 0 amide bonds. The highest BCUT2D eigenvalue weighted by Crippen LogP contribution is 2.25. The second kappa shape index (κ2) is 8.10. The first-order chi connectivity index (χ1) is 13.4. The first-order valence-electron chi connectivity index (χ1n) is 8.77. The minimum atomic E-state index is 0.547. The Morgan fingerprint density at radius 1 is 0.741 bits per heavy atom. The number of nitrogens with zero attached hydrogens (tertiary/aromatic N) is 4. The van der Waals surface area contributed by atoms with E-state index in [9.17, 15) is 0 Å². The third-order valence-corrected chi connectivity index (χ3v) is 4.09. The summed E-state index contributed by atoms with van der Waals surface area (Å²) in [6.45, 7) is 0.654. The Morgan fingerprint density at radius 3 is 2.07 bits per heavy atom. The Morgan fingerprint density at radius 2 is 1.37 bits per heavy atom. The molecule has 0 atom stereocenters. The van der Waals surface area contributed by atoms with Crippen LogP contribution in [0.5, 0.6) is 0 Å². The lowest BCUT2D eigenvalue weighted by Crippen LogP contribution is -2.20. The van der Waals surface area contributed by atoms with Crippen molar-refractivity contribution in [3.63, 3.8) is 0 Å². The van der Waals surface area contributed by atoms with E-state index in [0.29, 0.717) is 18.3 Å². The summed E-state index contributed by atoms with van der Waals surface area (Å²) in [5.74, 6) is 1.20. The van der Waals surface area contributed by atoms with Gasteiger partial charge in [0.1, 0.15) is 0 Å². The highest BCUT2D eigenvalue weighted by Gasteiger charge is 2.14. The number of aromatic nitrogens is 3. The van der Waals surface area contributed by atoms with Crippen molar-refractivity contribution in [2.24, 2.45) is 0 Å². The number of benzene rings is 3. The summed E-state index contributed by atoms with van der Waals surface area (Å²) in [6, 6.07) is 30.3. The summed E-state index contributed by atoms with van der Waals surface area (Å²) in [5, 5.41) is 11.7. The number of hydrogen-bond donors (Lipinski definition) is 1. The van der Waals surface area contributed by atoms with Gasteiger partial charge in [0.05, 0.1) is 12.7 Å². The van der Waals surface area contributed by atoms with Crippen molar-refractivity contribution < 1.29 is 0 Å². The fourth-order valence-corrected chi connectivity index (χ4v) is 2.79. The number of nitrogens with one attached hydrogen (secondary N) is 1. The Kier molecular flexibility index (Phi) is 5.02. The Balaban J connectivity index is 1.66. The number of anilines is 4. The number of para-hydroxylation sites is 2. The highest BCUT2D eigenvalue weighted by molar-refractivity contribution is 5.60. The van der Waals surface area contributed by atoms with Gasteiger partial charge in [-0.05, 0) is 29.8 Å². The molecular weight excluding hydrogens is 334 g/mol. The molecule has 0 spiro atoms. The van der Waals surface area contributed by atoms with E-state index in [1.54, 1.807) is 6.20 Å². The van der Waals surface area contributed by atoms with Crippen LogP contribution in [-0.4, -0.2) is 15.2 Å². The van der Waals surface area contributed by atoms with Crippen LogP contribution in [0.4, 0.5) is 23.1 Å². The smallest absolute Gasteiger partial charge is 0.252 e. The molecule has 0 aliphatic carbocycles. The molecular formula is C22H19N5. The van der Waals surface area contributed by atoms with Crippen molar-refractivity contribution >= 4 is 23.1 Å². The van der Waals surface area contributed by atoms with E-state index in [4.69, 9.17) is 0 Å². The van der Waals surface area contributed by atoms with Crippen LogP contribution in [0.1, 0.15) is 5.56 Å². The van der Waals surface area contributed by atoms with E-state index in [0.717, 1.165) is 11.4 Å². The van der Waals surface area contributed by atoms with E-state index in [1.807, 2.05) is 78.9 Å². The van der Waals surface area contributed by atoms with Gasteiger partial charge in [0.2, 0.25) is 0 Å². The van der Waals surface area contributed by atoms with Gasteiger partial charge in [-0.25, -0.2) is 0 Å². The molecule has 0 fully saturated rings. The van der Waals surface area contributed by atoms with Crippen molar-refractivity contribution in [2.75, 3.05) is 10.2 Å². The van der Waals surface area contributed by atoms with Gasteiger partial charge in [0.15, 0.2) is 5.82 Å².